The number of nitrogens with one attached hydrogen (secondary N) is 1. The summed E-state index contributed by atoms with van der Waals surface area (Å²) in [6, 6.07) is 5.35. The highest BCUT2D eigenvalue weighted by molar-refractivity contribution is 6.05. The fraction of sp³-hybridized carbons (Fsp3) is 0.550. The van der Waals surface area contributed by atoms with Crippen LogP contribution in [0.5, 0.6) is 0 Å². The number of nitrogens with zero attached hydrogens (tertiary/aromatic N) is 2. The molecule has 0 radical (unpaired) electrons. The molecule has 2 fully saturated rings. The predicted molar refractivity (Wildman–Crippen MR) is 99.1 cm³/mol. The average molecular weight is 371 g/mol. The number of carbonyl (C=O) groups is 3. The summed E-state index contributed by atoms with van der Waals surface area (Å²) in [5, 5.41) is 11.8. The van der Waals surface area contributed by atoms with E-state index in [1.165, 1.54) is 0 Å². The van der Waals surface area contributed by atoms with Crippen LogP contribution in [-0.4, -0.2) is 53.5 Å². The molecular weight excluding hydrogens is 346 g/mol. The maximum atomic E-state index is 12.9. The monoisotopic (exact) mass is 371 g/mol. The van der Waals surface area contributed by atoms with E-state index in [9.17, 15) is 19.5 Å². The number of aliphatic hydroxyl groups excluding tert-OH is 1. The third-order valence-electron chi connectivity index (χ3n) is 6.19. The molecule has 0 saturated carbocycles. The van der Waals surface area contributed by atoms with E-state index < -0.39 is 6.04 Å². The Kier molecular flexibility index (Phi) is 4.63. The van der Waals surface area contributed by atoms with Crippen molar-refractivity contribution in [2.45, 2.75) is 38.8 Å². The van der Waals surface area contributed by atoms with Gasteiger partial charge in [-0.05, 0) is 42.4 Å². The molecule has 0 bridgehead atoms. The quantitative estimate of drug-likeness (QED) is 0.771. The van der Waals surface area contributed by atoms with Gasteiger partial charge in [-0.1, -0.05) is 13.0 Å². The molecule has 7 heteroatoms. The molecule has 1 aromatic rings. The van der Waals surface area contributed by atoms with Gasteiger partial charge in [-0.2, -0.15) is 0 Å². The summed E-state index contributed by atoms with van der Waals surface area (Å²) in [5.74, 6) is -0.0664. The van der Waals surface area contributed by atoms with Gasteiger partial charge < -0.3 is 14.9 Å². The minimum atomic E-state index is -0.577. The molecule has 7 nitrogen and oxygen atoms in total. The van der Waals surface area contributed by atoms with E-state index in [0.717, 1.165) is 30.8 Å². The first-order valence-corrected chi connectivity index (χ1v) is 9.61. The van der Waals surface area contributed by atoms with E-state index in [4.69, 9.17) is 0 Å². The molecular formula is C20H25N3O4. The second-order valence-electron chi connectivity index (χ2n) is 7.90. The second-order valence-corrected chi connectivity index (χ2v) is 7.90. The van der Waals surface area contributed by atoms with Crippen molar-refractivity contribution in [3.05, 3.63) is 29.3 Å². The first-order chi connectivity index (χ1) is 13.0. The van der Waals surface area contributed by atoms with Gasteiger partial charge >= 0.3 is 0 Å². The van der Waals surface area contributed by atoms with Crippen molar-refractivity contribution in [2.75, 3.05) is 24.6 Å². The largest absolute Gasteiger partial charge is 0.396 e. The number of fused-ring (bicyclic) bond motifs is 1. The summed E-state index contributed by atoms with van der Waals surface area (Å²) in [4.78, 5) is 40.3. The van der Waals surface area contributed by atoms with Crippen LogP contribution in [0.15, 0.2) is 18.2 Å². The standard InChI is InChI=1S/C20H25N3O4/c1-12-9-22(7-6-14(12)11-24)15-3-2-13-10-23(20(27)16(13)8-15)17-4-5-18(25)21-19(17)26/h2-3,8,12,14,17,24H,4-7,9-11H2,1H3,(H,21,25,26)/t12-,14+,17?/m0/s1. The van der Waals surface area contributed by atoms with Crippen molar-refractivity contribution in [3.63, 3.8) is 0 Å². The number of hydrogen-bond donors (Lipinski definition) is 2. The maximum absolute atomic E-state index is 12.9. The van der Waals surface area contributed by atoms with Gasteiger partial charge in [-0.3, -0.25) is 19.7 Å². The van der Waals surface area contributed by atoms with Gasteiger partial charge in [-0.15, -0.1) is 0 Å². The Morgan fingerprint density at radius 1 is 1.22 bits per heavy atom. The lowest BCUT2D eigenvalue weighted by Gasteiger charge is -2.37. The fourth-order valence-electron chi connectivity index (χ4n) is 4.44. The van der Waals surface area contributed by atoms with Crippen LogP contribution in [-0.2, 0) is 16.1 Å². The second kappa shape index (κ2) is 6.96. The normalized spacial score (nSPS) is 28.4. The zero-order chi connectivity index (χ0) is 19.1. The number of rotatable bonds is 3. The molecule has 3 atom stereocenters. The van der Waals surface area contributed by atoms with Crippen molar-refractivity contribution in [1.82, 2.24) is 10.2 Å². The average Bonchev–Trinajstić information content (AvgIpc) is 2.98. The Morgan fingerprint density at radius 2 is 2.04 bits per heavy atom. The third kappa shape index (κ3) is 3.20. The number of imide groups is 1. The molecule has 3 aliphatic rings. The molecule has 27 heavy (non-hydrogen) atoms. The predicted octanol–water partition coefficient (Wildman–Crippen LogP) is 0.902. The van der Waals surface area contributed by atoms with Gasteiger partial charge in [0.2, 0.25) is 11.8 Å². The lowest BCUT2D eigenvalue weighted by molar-refractivity contribution is -0.136. The van der Waals surface area contributed by atoms with Gasteiger partial charge in [-0.25, -0.2) is 0 Å². The van der Waals surface area contributed by atoms with Gasteiger partial charge in [0.1, 0.15) is 6.04 Å². The van der Waals surface area contributed by atoms with Crippen molar-refractivity contribution in [2.24, 2.45) is 11.8 Å². The van der Waals surface area contributed by atoms with Crippen LogP contribution >= 0.6 is 0 Å². The molecule has 0 spiro atoms. The van der Waals surface area contributed by atoms with Gasteiger partial charge in [0.15, 0.2) is 0 Å². The Morgan fingerprint density at radius 3 is 2.74 bits per heavy atom. The van der Waals surface area contributed by atoms with Crippen LogP contribution in [0.1, 0.15) is 42.1 Å². The molecule has 2 saturated heterocycles. The third-order valence-corrected chi connectivity index (χ3v) is 6.19. The highest BCUT2D eigenvalue weighted by Gasteiger charge is 2.39. The van der Waals surface area contributed by atoms with E-state index in [1.807, 2.05) is 18.2 Å². The van der Waals surface area contributed by atoms with E-state index in [0.29, 0.717) is 30.4 Å². The maximum Gasteiger partial charge on any atom is 0.255 e. The molecule has 3 aliphatic heterocycles. The summed E-state index contributed by atoms with van der Waals surface area (Å²) in [7, 11) is 0. The molecule has 3 amide bonds. The molecule has 4 rings (SSSR count). The van der Waals surface area contributed by atoms with Crippen LogP contribution < -0.4 is 10.2 Å². The van der Waals surface area contributed by atoms with Crippen molar-refractivity contribution in [3.8, 4) is 0 Å². The highest BCUT2D eigenvalue weighted by atomic mass is 16.3. The van der Waals surface area contributed by atoms with E-state index in [-0.39, 0.29) is 30.7 Å². The Bertz CT molecular complexity index is 793. The van der Waals surface area contributed by atoms with Crippen molar-refractivity contribution in [1.29, 1.82) is 0 Å². The summed E-state index contributed by atoms with van der Waals surface area (Å²) < 4.78 is 0. The van der Waals surface area contributed by atoms with Crippen LogP contribution in [0.25, 0.3) is 0 Å². The van der Waals surface area contributed by atoms with Crippen LogP contribution in [0.2, 0.25) is 0 Å². The van der Waals surface area contributed by atoms with E-state index >= 15 is 0 Å². The zero-order valence-electron chi connectivity index (χ0n) is 15.5. The van der Waals surface area contributed by atoms with Crippen molar-refractivity contribution >= 4 is 23.4 Å². The molecule has 3 heterocycles. The van der Waals surface area contributed by atoms with Crippen LogP contribution in [0, 0.1) is 11.8 Å². The number of hydrogen-bond acceptors (Lipinski definition) is 5. The van der Waals surface area contributed by atoms with Crippen molar-refractivity contribution < 1.29 is 19.5 Å². The van der Waals surface area contributed by atoms with E-state index in [2.05, 4.69) is 17.1 Å². The topological polar surface area (TPSA) is 90.0 Å². The summed E-state index contributed by atoms with van der Waals surface area (Å²) in [5.41, 5.74) is 2.58. The zero-order valence-corrected chi connectivity index (χ0v) is 15.5. The minimum Gasteiger partial charge on any atom is -0.396 e. The smallest absolute Gasteiger partial charge is 0.255 e. The molecule has 0 aliphatic carbocycles. The minimum absolute atomic E-state index is 0.139. The van der Waals surface area contributed by atoms with E-state index in [1.54, 1.807) is 4.90 Å². The van der Waals surface area contributed by atoms with Gasteiger partial charge in [0, 0.05) is 43.9 Å². The number of amides is 3. The van der Waals surface area contributed by atoms with Crippen LogP contribution in [0.3, 0.4) is 0 Å². The molecule has 1 unspecified atom stereocenters. The highest BCUT2D eigenvalue weighted by Crippen LogP contribution is 2.33. The number of carbonyl (C=O) groups excluding carboxylic acids is 3. The summed E-state index contributed by atoms with van der Waals surface area (Å²) >= 11 is 0. The molecule has 1 aromatic carbocycles. The number of piperidine rings is 2. The SMILES string of the molecule is C[C@H]1CN(c2ccc3c(c2)C(=O)N(C2CCC(=O)NC2=O)C3)CC[C@@H]1CO. The number of benzene rings is 1. The lowest BCUT2D eigenvalue weighted by Crippen LogP contribution is -2.52. The fourth-order valence-corrected chi connectivity index (χ4v) is 4.44. The molecule has 2 N–H and O–H groups in total. The molecule has 144 valence electrons. The van der Waals surface area contributed by atoms with Gasteiger partial charge in [0.05, 0.1) is 0 Å². The van der Waals surface area contributed by atoms with Gasteiger partial charge in [0.25, 0.3) is 5.91 Å². The number of anilines is 1. The summed E-state index contributed by atoms with van der Waals surface area (Å²) in [6.07, 6.45) is 1.58. The lowest BCUT2D eigenvalue weighted by atomic mass is 9.87. The number of aliphatic hydroxyl groups is 1. The Labute approximate surface area is 158 Å². The molecule has 0 aromatic heterocycles. The Balaban J connectivity index is 1.52. The first kappa shape index (κ1) is 18.0. The summed E-state index contributed by atoms with van der Waals surface area (Å²) in [6.45, 7) is 4.49. The van der Waals surface area contributed by atoms with Crippen LogP contribution in [0.4, 0.5) is 5.69 Å². The Hall–Kier alpha value is -2.41. The first-order valence-electron chi connectivity index (χ1n) is 9.61.